The van der Waals surface area contributed by atoms with Gasteiger partial charge in [0.1, 0.15) is 0 Å². The van der Waals surface area contributed by atoms with Gasteiger partial charge in [-0.3, -0.25) is 9.59 Å². The maximum absolute atomic E-state index is 12.6. The minimum absolute atomic E-state index is 0.0190. The van der Waals surface area contributed by atoms with E-state index < -0.39 is 0 Å². The van der Waals surface area contributed by atoms with Crippen LogP contribution in [0.15, 0.2) is 48.5 Å². The van der Waals surface area contributed by atoms with Crippen molar-refractivity contribution < 1.29 is 9.59 Å². The second-order valence-corrected chi connectivity index (χ2v) is 6.86. The number of piperazine rings is 1. The fourth-order valence-corrected chi connectivity index (χ4v) is 3.33. The molecule has 136 valence electrons. The molecule has 7 heteroatoms. The first-order valence-corrected chi connectivity index (χ1v) is 9.11. The van der Waals surface area contributed by atoms with Crippen molar-refractivity contribution in [1.82, 2.24) is 9.80 Å². The van der Waals surface area contributed by atoms with Crippen molar-refractivity contribution in [2.75, 3.05) is 38.0 Å². The predicted octanol–water partition coefficient (Wildman–Crippen LogP) is 3.39. The largest absolute Gasteiger partial charge is 0.376 e. The highest BCUT2D eigenvalue weighted by atomic mass is 35.5. The van der Waals surface area contributed by atoms with Crippen LogP contribution in [0.3, 0.4) is 0 Å². The van der Waals surface area contributed by atoms with Crippen molar-refractivity contribution in [1.29, 1.82) is 0 Å². The van der Waals surface area contributed by atoms with Crippen molar-refractivity contribution in [3.8, 4) is 0 Å². The molecule has 1 heterocycles. The standard InChI is InChI=1S/C19H19Cl2N3O2/c20-14-6-7-16(17(21)12-14)19(26)24-10-8-23(9-11-24)18(25)13-22-15-4-2-1-3-5-15/h1-7,12,22H,8-11,13H2. The third-order valence-corrected chi connectivity index (χ3v) is 4.85. The van der Waals surface area contributed by atoms with Gasteiger partial charge in [0.05, 0.1) is 17.1 Å². The Morgan fingerprint density at radius 3 is 2.23 bits per heavy atom. The maximum atomic E-state index is 12.6. The molecule has 0 radical (unpaired) electrons. The van der Waals surface area contributed by atoms with Crippen LogP contribution in [0.4, 0.5) is 5.69 Å². The Bertz CT molecular complexity index is 791. The van der Waals surface area contributed by atoms with Crippen LogP contribution >= 0.6 is 23.2 Å². The highest BCUT2D eigenvalue weighted by molar-refractivity contribution is 6.36. The van der Waals surface area contributed by atoms with Crippen molar-refractivity contribution in [2.24, 2.45) is 0 Å². The average molecular weight is 392 g/mol. The van der Waals surface area contributed by atoms with Crippen LogP contribution in [-0.2, 0) is 4.79 Å². The molecule has 5 nitrogen and oxygen atoms in total. The number of para-hydroxylation sites is 1. The summed E-state index contributed by atoms with van der Waals surface area (Å²) in [5.41, 5.74) is 1.34. The summed E-state index contributed by atoms with van der Waals surface area (Å²) in [6.45, 7) is 2.21. The van der Waals surface area contributed by atoms with Crippen molar-refractivity contribution in [3.05, 3.63) is 64.1 Å². The molecule has 1 N–H and O–H groups in total. The van der Waals surface area contributed by atoms with Gasteiger partial charge in [-0.15, -0.1) is 0 Å². The summed E-state index contributed by atoms with van der Waals surface area (Å²) in [6, 6.07) is 14.4. The van der Waals surface area contributed by atoms with E-state index >= 15 is 0 Å². The molecule has 0 unspecified atom stereocenters. The van der Waals surface area contributed by atoms with Gasteiger partial charge < -0.3 is 15.1 Å². The Morgan fingerprint density at radius 1 is 0.923 bits per heavy atom. The Kier molecular flexibility index (Phi) is 6.01. The Hall–Kier alpha value is -2.24. The van der Waals surface area contributed by atoms with Crippen LogP contribution in [0.1, 0.15) is 10.4 Å². The first-order chi connectivity index (χ1) is 12.5. The van der Waals surface area contributed by atoms with E-state index in [0.29, 0.717) is 41.8 Å². The number of hydrogen-bond acceptors (Lipinski definition) is 3. The Balaban J connectivity index is 1.52. The fraction of sp³-hybridized carbons (Fsp3) is 0.263. The molecule has 1 aliphatic heterocycles. The summed E-state index contributed by atoms with van der Waals surface area (Å²) in [4.78, 5) is 28.4. The van der Waals surface area contributed by atoms with Crippen LogP contribution in [0.5, 0.6) is 0 Å². The molecule has 1 aliphatic rings. The van der Waals surface area contributed by atoms with Gasteiger partial charge in [0.25, 0.3) is 5.91 Å². The van der Waals surface area contributed by atoms with E-state index in [1.165, 1.54) is 0 Å². The van der Waals surface area contributed by atoms with Crippen LogP contribution in [-0.4, -0.2) is 54.3 Å². The molecule has 0 saturated carbocycles. The summed E-state index contributed by atoms with van der Waals surface area (Å²) in [7, 11) is 0. The monoisotopic (exact) mass is 391 g/mol. The molecule has 1 fully saturated rings. The molecule has 2 aromatic carbocycles. The first-order valence-electron chi connectivity index (χ1n) is 8.35. The van der Waals surface area contributed by atoms with E-state index in [9.17, 15) is 9.59 Å². The summed E-state index contributed by atoms with van der Waals surface area (Å²) in [5, 5.41) is 3.95. The minimum Gasteiger partial charge on any atom is -0.376 e. The number of hydrogen-bond donors (Lipinski definition) is 1. The van der Waals surface area contributed by atoms with Crippen molar-refractivity contribution in [3.63, 3.8) is 0 Å². The Labute approximate surface area is 162 Å². The SMILES string of the molecule is O=C(CNc1ccccc1)N1CCN(C(=O)c2ccc(Cl)cc2Cl)CC1. The normalized spacial score (nSPS) is 14.2. The molecular weight excluding hydrogens is 373 g/mol. The van der Waals surface area contributed by atoms with Gasteiger partial charge in [-0.1, -0.05) is 41.4 Å². The molecule has 0 bridgehead atoms. The summed E-state index contributed by atoms with van der Waals surface area (Å²) < 4.78 is 0. The molecule has 2 amide bonds. The molecule has 0 aliphatic carbocycles. The zero-order valence-corrected chi connectivity index (χ0v) is 15.6. The number of anilines is 1. The molecular formula is C19H19Cl2N3O2. The minimum atomic E-state index is -0.138. The zero-order valence-electron chi connectivity index (χ0n) is 14.1. The van der Waals surface area contributed by atoms with Crippen LogP contribution < -0.4 is 5.32 Å². The number of amides is 2. The summed E-state index contributed by atoms with van der Waals surface area (Å²) in [5.74, 6) is -0.119. The number of nitrogens with zero attached hydrogens (tertiary/aromatic N) is 2. The van der Waals surface area contributed by atoms with Crippen LogP contribution in [0.2, 0.25) is 10.0 Å². The third kappa shape index (κ3) is 4.48. The highest BCUT2D eigenvalue weighted by Gasteiger charge is 2.25. The number of rotatable bonds is 4. The molecule has 3 rings (SSSR count). The quantitative estimate of drug-likeness (QED) is 0.868. The predicted molar refractivity (Wildman–Crippen MR) is 104 cm³/mol. The lowest BCUT2D eigenvalue weighted by atomic mass is 10.1. The average Bonchev–Trinajstić information content (AvgIpc) is 2.66. The Morgan fingerprint density at radius 2 is 1.58 bits per heavy atom. The maximum Gasteiger partial charge on any atom is 0.255 e. The molecule has 26 heavy (non-hydrogen) atoms. The fourth-order valence-electron chi connectivity index (χ4n) is 2.84. The van der Waals surface area contributed by atoms with Crippen LogP contribution in [0.25, 0.3) is 0 Å². The number of halogens is 2. The molecule has 1 saturated heterocycles. The topological polar surface area (TPSA) is 52.7 Å². The lowest BCUT2D eigenvalue weighted by Gasteiger charge is -2.35. The first kappa shape index (κ1) is 18.5. The summed E-state index contributed by atoms with van der Waals surface area (Å²) in [6.07, 6.45) is 0. The highest BCUT2D eigenvalue weighted by Crippen LogP contribution is 2.22. The summed E-state index contributed by atoms with van der Waals surface area (Å²) >= 11 is 12.0. The number of carbonyl (C=O) groups excluding carboxylic acids is 2. The van der Waals surface area contributed by atoms with Crippen LogP contribution in [0, 0.1) is 0 Å². The number of benzene rings is 2. The lowest BCUT2D eigenvalue weighted by Crippen LogP contribution is -2.51. The number of nitrogens with one attached hydrogen (secondary N) is 1. The number of carbonyl (C=O) groups is 2. The van der Waals surface area contributed by atoms with Gasteiger partial charge in [0, 0.05) is 36.9 Å². The van der Waals surface area contributed by atoms with E-state index in [2.05, 4.69) is 5.32 Å². The molecule has 0 aromatic heterocycles. The smallest absolute Gasteiger partial charge is 0.255 e. The van der Waals surface area contributed by atoms with Gasteiger partial charge in [-0.25, -0.2) is 0 Å². The van der Waals surface area contributed by atoms with E-state index in [4.69, 9.17) is 23.2 Å². The van der Waals surface area contributed by atoms with Gasteiger partial charge in [-0.2, -0.15) is 0 Å². The van der Waals surface area contributed by atoms with E-state index in [0.717, 1.165) is 5.69 Å². The second-order valence-electron chi connectivity index (χ2n) is 6.02. The second kappa shape index (κ2) is 8.43. The van der Waals surface area contributed by atoms with Gasteiger partial charge in [0.2, 0.25) is 5.91 Å². The lowest BCUT2D eigenvalue weighted by molar-refractivity contribution is -0.130. The molecule has 0 atom stereocenters. The van der Waals surface area contributed by atoms with Crippen molar-refractivity contribution in [2.45, 2.75) is 0 Å². The third-order valence-electron chi connectivity index (χ3n) is 4.30. The van der Waals surface area contributed by atoms with E-state index in [1.54, 1.807) is 28.0 Å². The van der Waals surface area contributed by atoms with Gasteiger partial charge >= 0.3 is 0 Å². The van der Waals surface area contributed by atoms with Gasteiger partial charge in [-0.05, 0) is 30.3 Å². The zero-order chi connectivity index (χ0) is 18.5. The van der Waals surface area contributed by atoms with E-state index in [-0.39, 0.29) is 18.4 Å². The van der Waals surface area contributed by atoms with E-state index in [1.807, 2.05) is 30.3 Å². The van der Waals surface area contributed by atoms with Crippen molar-refractivity contribution >= 4 is 40.7 Å². The van der Waals surface area contributed by atoms with Gasteiger partial charge in [0.15, 0.2) is 0 Å². The molecule has 2 aromatic rings. The molecule has 0 spiro atoms.